The van der Waals surface area contributed by atoms with Gasteiger partial charge in [-0.2, -0.15) is 0 Å². The van der Waals surface area contributed by atoms with Gasteiger partial charge in [-0.25, -0.2) is 0 Å². The number of ether oxygens (including phenoxy) is 2. The van der Waals surface area contributed by atoms with Gasteiger partial charge in [-0.1, -0.05) is 13.0 Å². The summed E-state index contributed by atoms with van der Waals surface area (Å²) in [6.07, 6.45) is 1.34. The van der Waals surface area contributed by atoms with Crippen molar-refractivity contribution in [2.45, 2.75) is 45.4 Å². The maximum Gasteiger partial charge on any atom is 0.125 e. The van der Waals surface area contributed by atoms with Gasteiger partial charge in [0.15, 0.2) is 0 Å². The Kier molecular flexibility index (Phi) is 5.48. The fourth-order valence-electron chi connectivity index (χ4n) is 3.27. The first-order chi connectivity index (χ1) is 10.1. The van der Waals surface area contributed by atoms with Crippen molar-refractivity contribution in [3.05, 3.63) is 23.8 Å². The van der Waals surface area contributed by atoms with Crippen molar-refractivity contribution < 1.29 is 9.47 Å². The second-order valence-electron chi connectivity index (χ2n) is 5.72. The molecule has 1 saturated heterocycles. The summed E-state index contributed by atoms with van der Waals surface area (Å²) in [7, 11) is 3.90. The molecule has 118 valence electrons. The van der Waals surface area contributed by atoms with Crippen LogP contribution in [0, 0.1) is 0 Å². The molecule has 0 radical (unpaired) electrons. The maximum absolute atomic E-state index is 5.72. The third kappa shape index (κ3) is 3.33. The lowest BCUT2D eigenvalue weighted by Crippen LogP contribution is -2.38. The normalized spacial score (nSPS) is 23.1. The van der Waals surface area contributed by atoms with Crippen LogP contribution < -0.4 is 15.0 Å². The van der Waals surface area contributed by atoms with E-state index in [-0.39, 0.29) is 12.1 Å². The van der Waals surface area contributed by atoms with Crippen molar-refractivity contribution in [3.8, 4) is 5.75 Å². The second kappa shape index (κ2) is 7.14. The SMILES string of the molecule is CCNC(C)c1c(OC)cccc1N(C)C1CCOC1C. The third-order valence-corrected chi connectivity index (χ3v) is 4.42. The average molecular weight is 292 g/mol. The Labute approximate surface area is 128 Å². The lowest BCUT2D eigenvalue weighted by Gasteiger charge is -2.32. The molecule has 4 nitrogen and oxygen atoms in total. The fraction of sp³-hybridized carbons (Fsp3) is 0.647. The Morgan fingerprint density at radius 2 is 2.24 bits per heavy atom. The highest BCUT2D eigenvalue weighted by Gasteiger charge is 2.30. The van der Waals surface area contributed by atoms with Gasteiger partial charge in [-0.15, -0.1) is 0 Å². The number of benzene rings is 1. The summed E-state index contributed by atoms with van der Waals surface area (Å²) in [5.74, 6) is 0.944. The fourth-order valence-corrected chi connectivity index (χ4v) is 3.27. The highest BCUT2D eigenvalue weighted by atomic mass is 16.5. The highest BCUT2D eigenvalue weighted by Crippen LogP contribution is 2.36. The molecule has 0 amide bonds. The van der Waals surface area contributed by atoms with Crippen LogP contribution >= 0.6 is 0 Å². The van der Waals surface area contributed by atoms with E-state index in [4.69, 9.17) is 9.47 Å². The summed E-state index contributed by atoms with van der Waals surface area (Å²) in [4.78, 5) is 2.35. The Hall–Kier alpha value is -1.26. The molecule has 0 spiro atoms. The van der Waals surface area contributed by atoms with Crippen molar-refractivity contribution in [3.63, 3.8) is 0 Å². The van der Waals surface area contributed by atoms with Gasteiger partial charge in [0.1, 0.15) is 5.75 Å². The number of hydrogen-bond acceptors (Lipinski definition) is 4. The largest absolute Gasteiger partial charge is 0.496 e. The Bertz CT molecular complexity index is 464. The van der Waals surface area contributed by atoms with Crippen LogP contribution in [0.25, 0.3) is 0 Å². The molecule has 1 aromatic rings. The van der Waals surface area contributed by atoms with Gasteiger partial charge in [0.2, 0.25) is 0 Å². The quantitative estimate of drug-likeness (QED) is 0.874. The molecule has 1 fully saturated rings. The van der Waals surface area contributed by atoms with Crippen LogP contribution in [0.3, 0.4) is 0 Å². The molecule has 0 aromatic heterocycles. The molecule has 0 aliphatic carbocycles. The number of methoxy groups -OCH3 is 1. The number of anilines is 1. The number of nitrogens with one attached hydrogen (secondary N) is 1. The first-order valence-corrected chi connectivity index (χ1v) is 7.84. The Morgan fingerprint density at radius 3 is 2.81 bits per heavy atom. The van der Waals surface area contributed by atoms with E-state index in [1.54, 1.807) is 7.11 Å². The molecule has 1 aromatic carbocycles. The molecule has 1 aliphatic rings. The molecule has 4 heteroatoms. The first-order valence-electron chi connectivity index (χ1n) is 7.84. The molecular weight excluding hydrogens is 264 g/mol. The van der Waals surface area contributed by atoms with E-state index in [1.165, 1.54) is 11.3 Å². The van der Waals surface area contributed by atoms with E-state index in [9.17, 15) is 0 Å². The average Bonchev–Trinajstić information content (AvgIpc) is 2.92. The van der Waals surface area contributed by atoms with Crippen LogP contribution in [0.15, 0.2) is 18.2 Å². The zero-order chi connectivity index (χ0) is 15.4. The predicted molar refractivity (Wildman–Crippen MR) is 87.3 cm³/mol. The van der Waals surface area contributed by atoms with Crippen molar-refractivity contribution in [2.75, 3.05) is 32.2 Å². The van der Waals surface area contributed by atoms with E-state index in [1.807, 2.05) is 6.07 Å². The van der Waals surface area contributed by atoms with Crippen LogP contribution in [-0.2, 0) is 4.74 Å². The highest BCUT2D eigenvalue weighted by molar-refractivity contribution is 5.61. The summed E-state index contributed by atoms with van der Waals surface area (Å²) in [5, 5.41) is 3.50. The molecule has 0 bridgehead atoms. The Balaban J connectivity index is 2.37. The molecule has 0 saturated carbocycles. The minimum atomic E-state index is 0.251. The van der Waals surface area contributed by atoms with Gasteiger partial charge >= 0.3 is 0 Å². The monoisotopic (exact) mass is 292 g/mol. The van der Waals surface area contributed by atoms with Gasteiger partial charge in [-0.05, 0) is 38.9 Å². The molecule has 3 unspecified atom stereocenters. The summed E-state index contributed by atoms with van der Waals surface area (Å²) in [5.41, 5.74) is 2.45. The Morgan fingerprint density at radius 1 is 1.48 bits per heavy atom. The van der Waals surface area contributed by atoms with Crippen molar-refractivity contribution in [1.82, 2.24) is 5.32 Å². The van der Waals surface area contributed by atoms with Crippen LogP contribution in [0.4, 0.5) is 5.69 Å². The van der Waals surface area contributed by atoms with E-state index in [0.29, 0.717) is 6.04 Å². The number of likely N-dealkylation sites (N-methyl/N-ethyl adjacent to an activating group) is 1. The van der Waals surface area contributed by atoms with Crippen LogP contribution in [-0.4, -0.2) is 39.5 Å². The van der Waals surface area contributed by atoms with E-state index < -0.39 is 0 Å². The predicted octanol–water partition coefficient (Wildman–Crippen LogP) is 2.98. The van der Waals surface area contributed by atoms with Gasteiger partial charge in [0, 0.05) is 30.9 Å². The summed E-state index contributed by atoms with van der Waals surface area (Å²) >= 11 is 0. The van der Waals surface area contributed by atoms with Gasteiger partial charge < -0.3 is 19.7 Å². The smallest absolute Gasteiger partial charge is 0.125 e. The number of nitrogens with zero attached hydrogens (tertiary/aromatic N) is 1. The zero-order valence-electron chi connectivity index (χ0n) is 13.8. The molecule has 1 aliphatic heterocycles. The first kappa shape index (κ1) is 16.1. The second-order valence-corrected chi connectivity index (χ2v) is 5.72. The topological polar surface area (TPSA) is 33.7 Å². The number of rotatable bonds is 6. The molecule has 21 heavy (non-hydrogen) atoms. The lowest BCUT2D eigenvalue weighted by atomic mass is 10.0. The van der Waals surface area contributed by atoms with Gasteiger partial charge in [0.25, 0.3) is 0 Å². The van der Waals surface area contributed by atoms with Crippen LogP contribution in [0.2, 0.25) is 0 Å². The minimum absolute atomic E-state index is 0.251. The molecular formula is C17H28N2O2. The lowest BCUT2D eigenvalue weighted by molar-refractivity contribution is 0.118. The minimum Gasteiger partial charge on any atom is -0.496 e. The summed E-state index contributed by atoms with van der Waals surface area (Å²) < 4.78 is 11.3. The zero-order valence-corrected chi connectivity index (χ0v) is 13.8. The van der Waals surface area contributed by atoms with E-state index in [2.05, 4.69) is 50.2 Å². The maximum atomic E-state index is 5.72. The van der Waals surface area contributed by atoms with Crippen LogP contribution in [0.5, 0.6) is 5.75 Å². The van der Waals surface area contributed by atoms with E-state index >= 15 is 0 Å². The molecule has 1 N–H and O–H groups in total. The van der Waals surface area contributed by atoms with Crippen molar-refractivity contribution in [2.24, 2.45) is 0 Å². The standard InChI is InChI=1S/C17H28N2O2/c1-6-18-12(2)17-15(8-7-9-16(17)20-5)19(4)14-10-11-21-13(14)3/h7-9,12-14,18H,6,10-11H2,1-5H3. The third-order valence-electron chi connectivity index (χ3n) is 4.42. The molecule has 1 heterocycles. The van der Waals surface area contributed by atoms with Crippen LogP contribution in [0.1, 0.15) is 38.8 Å². The van der Waals surface area contributed by atoms with Crippen molar-refractivity contribution >= 4 is 5.69 Å². The van der Waals surface area contributed by atoms with Gasteiger partial charge in [0.05, 0.1) is 19.3 Å². The summed E-state index contributed by atoms with van der Waals surface area (Å²) in [6.45, 7) is 8.25. The number of hydrogen-bond donors (Lipinski definition) is 1. The summed E-state index contributed by atoms with van der Waals surface area (Å²) in [6, 6.07) is 6.95. The molecule has 3 atom stereocenters. The van der Waals surface area contributed by atoms with E-state index in [0.717, 1.165) is 25.3 Å². The van der Waals surface area contributed by atoms with Crippen molar-refractivity contribution in [1.29, 1.82) is 0 Å². The molecule has 2 rings (SSSR count). The van der Waals surface area contributed by atoms with Gasteiger partial charge in [-0.3, -0.25) is 0 Å².